The number of hydrogen-bond acceptors (Lipinski definition) is 6. The summed E-state index contributed by atoms with van der Waals surface area (Å²) in [4.78, 5) is 0. The van der Waals surface area contributed by atoms with Crippen molar-refractivity contribution < 1.29 is 105 Å². The van der Waals surface area contributed by atoms with Gasteiger partial charge in [0.05, 0.1) is 0 Å². The van der Waals surface area contributed by atoms with Crippen LogP contribution in [0.4, 0.5) is 0 Å². The SMILES string of the molecule is [Eu+3].[O-]B([O-])[O-].[O-]B([O-])[O-].[Sc+3]. The molecule has 0 aromatic rings. The maximum absolute atomic E-state index is 8.42. The first-order valence-electron chi connectivity index (χ1n) is 1.41. The molecule has 0 spiro atoms. The Morgan fingerprint density at radius 1 is 0.600 bits per heavy atom. The molecule has 0 N–H and O–H groups in total. The fourth-order valence-corrected chi connectivity index (χ4v) is 0. The molecule has 0 radical (unpaired) electrons. The van der Waals surface area contributed by atoms with E-state index in [1.54, 1.807) is 0 Å². The number of rotatable bonds is 0. The third-order valence-corrected chi connectivity index (χ3v) is 0. The van der Waals surface area contributed by atoms with Crippen LogP contribution in [-0.4, -0.2) is 14.6 Å². The second-order valence-electron chi connectivity index (χ2n) is 0.577. The van der Waals surface area contributed by atoms with Crippen LogP contribution in [0, 0.1) is 49.4 Å². The third kappa shape index (κ3) is 164. The molecule has 0 amide bonds. The fraction of sp³-hybridized carbons (Fsp3) is 0. The molecular weight excluding hydrogens is 315 g/mol. The van der Waals surface area contributed by atoms with E-state index in [9.17, 15) is 0 Å². The van der Waals surface area contributed by atoms with Gasteiger partial charge in [-0.1, -0.05) is 0 Å². The molecule has 0 saturated carbocycles. The molecule has 52 valence electrons. The first-order valence-corrected chi connectivity index (χ1v) is 1.41. The smallest absolute Gasteiger partial charge is 0.907 e. The summed E-state index contributed by atoms with van der Waals surface area (Å²) >= 11 is 0. The van der Waals surface area contributed by atoms with E-state index in [1.807, 2.05) is 0 Å². The molecule has 0 atom stereocenters. The quantitative estimate of drug-likeness (QED) is 0.407. The van der Waals surface area contributed by atoms with Crippen LogP contribution >= 0.6 is 0 Å². The van der Waals surface area contributed by atoms with E-state index >= 15 is 0 Å². The second-order valence-corrected chi connectivity index (χ2v) is 0.577. The predicted molar refractivity (Wildman–Crippen MR) is 11.5 cm³/mol. The van der Waals surface area contributed by atoms with Crippen molar-refractivity contribution in [2.45, 2.75) is 0 Å². The van der Waals surface area contributed by atoms with Crippen molar-refractivity contribution >= 4 is 14.6 Å². The molecule has 0 aliphatic heterocycles. The summed E-state index contributed by atoms with van der Waals surface area (Å²) < 4.78 is 0. The topological polar surface area (TPSA) is 138 Å². The summed E-state index contributed by atoms with van der Waals surface area (Å²) in [5.41, 5.74) is 0. The van der Waals surface area contributed by atoms with Gasteiger partial charge < -0.3 is 30.1 Å². The Balaban J connectivity index is -0.0000000300. The fourth-order valence-electron chi connectivity index (χ4n) is 0. The third-order valence-electron chi connectivity index (χ3n) is 0. The van der Waals surface area contributed by atoms with Crippen molar-refractivity contribution in [1.82, 2.24) is 0 Å². The summed E-state index contributed by atoms with van der Waals surface area (Å²) in [6.45, 7) is 0. The van der Waals surface area contributed by atoms with Gasteiger partial charge in [-0.3, -0.25) is 14.6 Å². The van der Waals surface area contributed by atoms with Crippen LogP contribution in [0.15, 0.2) is 0 Å². The van der Waals surface area contributed by atoms with Crippen molar-refractivity contribution in [2.24, 2.45) is 0 Å². The molecule has 0 unspecified atom stereocenters. The average molecular weight is 315 g/mol. The Bertz CT molecular complexity index is 31.2. The van der Waals surface area contributed by atoms with Crippen molar-refractivity contribution in [3.05, 3.63) is 0 Å². The van der Waals surface area contributed by atoms with Crippen molar-refractivity contribution in [3.63, 3.8) is 0 Å². The minimum Gasteiger partial charge on any atom is -0.907 e. The van der Waals surface area contributed by atoms with Gasteiger partial charge in [0.25, 0.3) is 0 Å². The zero-order valence-corrected chi connectivity index (χ0v) is 8.79. The second kappa shape index (κ2) is 17.4. The van der Waals surface area contributed by atoms with Gasteiger partial charge >= 0.3 is 75.2 Å². The van der Waals surface area contributed by atoms with Crippen LogP contribution in [0.2, 0.25) is 0 Å². The van der Waals surface area contributed by atoms with Crippen LogP contribution < -0.4 is 30.1 Å². The molecule has 0 fully saturated rings. The summed E-state index contributed by atoms with van der Waals surface area (Å²) in [5, 5.41) is 50.5. The molecule has 0 bridgehead atoms. The molecular formula is B2EuO6Sc. The molecule has 0 aromatic carbocycles. The van der Waals surface area contributed by atoms with E-state index in [4.69, 9.17) is 30.1 Å². The van der Waals surface area contributed by atoms with Crippen LogP contribution in [-0.2, 0) is 25.8 Å². The van der Waals surface area contributed by atoms with Crippen molar-refractivity contribution in [1.29, 1.82) is 0 Å². The van der Waals surface area contributed by atoms with Crippen molar-refractivity contribution in [2.75, 3.05) is 0 Å². The molecule has 6 nitrogen and oxygen atoms in total. The van der Waals surface area contributed by atoms with E-state index in [1.165, 1.54) is 0 Å². The Morgan fingerprint density at radius 2 is 0.600 bits per heavy atom. The van der Waals surface area contributed by atoms with Crippen LogP contribution in [0.5, 0.6) is 0 Å². The first-order chi connectivity index (χ1) is 3.46. The van der Waals surface area contributed by atoms with Gasteiger partial charge in [0.1, 0.15) is 0 Å². The standard InChI is InChI=1S/2BO3.Eu.Sc/c2*2-1(3)4;;/q2*-3;2*+3. The van der Waals surface area contributed by atoms with Gasteiger partial charge in [-0.15, -0.1) is 0 Å². The van der Waals surface area contributed by atoms with Crippen LogP contribution in [0.3, 0.4) is 0 Å². The van der Waals surface area contributed by atoms with Gasteiger partial charge in [0, 0.05) is 0 Å². The summed E-state index contributed by atoms with van der Waals surface area (Å²) in [6.07, 6.45) is 0. The minimum absolute atomic E-state index is 0. The molecule has 0 heterocycles. The first kappa shape index (κ1) is 22.8. The molecule has 10 heteroatoms. The Hall–Kier alpha value is 2.34. The monoisotopic (exact) mass is 316 g/mol. The maximum Gasteiger partial charge on any atom is 3.00 e. The molecule has 0 aliphatic rings. The van der Waals surface area contributed by atoms with Gasteiger partial charge in [0.15, 0.2) is 0 Å². The van der Waals surface area contributed by atoms with E-state index in [0.29, 0.717) is 0 Å². The summed E-state index contributed by atoms with van der Waals surface area (Å²) in [5.74, 6) is 0. The van der Waals surface area contributed by atoms with Gasteiger partial charge in [-0.2, -0.15) is 0 Å². The summed E-state index contributed by atoms with van der Waals surface area (Å²) in [7, 11) is -5.83. The van der Waals surface area contributed by atoms with Crippen molar-refractivity contribution in [3.8, 4) is 0 Å². The molecule has 10 heavy (non-hydrogen) atoms. The number of hydrogen-bond donors (Lipinski definition) is 0. The van der Waals surface area contributed by atoms with Crippen LogP contribution in [0.25, 0.3) is 0 Å². The zero-order chi connectivity index (χ0) is 7.15. The normalized spacial score (nSPS) is 5.40. The Labute approximate surface area is 118 Å². The molecule has 0 aliphatic carbocycles. The maximum atomic E-state index is 8.42. The summed E-state index contributed by atoms with van der Waals surface area (Å²) in [6, 6.07) is 0. The molecule has 0 saturated heterocycles. The predicted octanol–water partition coefficient (Wildman–Crippen LogP) is -7.90. The average Bonchev–Trinajstić information content (AvgIpc) is 1.25. The van der Waals surface area contributed by atoms with E-state index in [-0.39, 0.29) is 75.2 Å². The van der Waals surface area contributed by atoms with Gasteiger partial charge in [-0.05, 0) is 0 Å². The Morgan fingerprint density at radius 3 is 0.600 bits per heavy atom. The van der Waals surface area contributed by atoms with Crippen LogP contribution in [0.1, 0.15) is 0 Å². The minimum atomic E-state index is -2.92. The molecule has 0 rings (SSSR count). The Kier molecular flexibility index (Phi) is 39.8. The van der Waals surface area contributed by atoms with E-state index in [2.05, 4.69) is 0 Å². The largest absolute Gasteiger partial charge is 3.00 e. The zero-order valence-electron chi connectivity index (χ0n) is 4.56. The molecule has 0 aromatic heterocycles. The van der Waals surface area contributed by atoms with Gasteiger partial charge in [0.2, 0.25) is 0 Å². The van der Waals surface area contributed by atoms with Gasteiger partial charge in [-0.25, -0.2) is 0 Å². The van der Waals surface area contributed by atoms with E-state index < -0.39 is 14.6 Å². The van der Waals surface area contributed by atoms with E-state index in [0.717, 1.165) is 0 Å².